The molecule has 3 aromatic heterocycles. The maximum Gasteiger partial charge on any atom is 0.269 e. The van der Waals surface area contributed by atoms with Gasteiger partial charge in [-0.25, -0.2) is 0 Å². The van der Waals surface area contributed by atoms with Crippen molar-refractivity contribution >= 4 is 45.9 Å². The van der Waals surface area contributed by atoms with Crippen molar-refractivity contribution in [2.75, 3.05) is 0 Å². The fourth-order valence-corrected chi connectivity index (χ4v) is 5.16. The van der Waals surface area contributed by atoms with Crippen LogP contribution in [0.3, 0.4) is 0 Å². The lowest BCUT2D eigenvalue weighted by molar-refractivity contribution is -0.122. The number of pyridine rings is 1. The molecule has 0 N–H and O–H groups in total. The summed E-state index contributed by atoms with van der Waals surface area (Å²) in [5.74, 6) is 1.00. The van der Waals surface area contributed by atoms with Crippen LogP contribution < -0.4 is 10.3 Å². The number of fused-ring (bicyclic) bond motifs is 1. The molecule has 1 aliphatic heterocycles. The van der Waals surface area contributed by atoms with Crippen molar-refractivity contribution in [2.24, 2.45) is 0 Å². The Morgan fingerprint density at radius 1 is 1.11 bits per heavy atom. The molecule has 0 spiro atoms. The molecule has 0 aliphatic carbocycles. The third-order valence-electron chi connectivity index (χ3n) is 5.50. The van der Waals surface area contributed by atoms with Crippen LogP contribution in [0.2, 0.25) is 0 Å². The van der Waals surface area contributed by atoms with E-state index in [9.17, 15) is 9.59 Å². The molecule has 0 atom stereocenters. The van der Waals surface area contributed by atoms with Crippen LogP contribution in [0.1, 0.15) is 28.0 Å². The Labute approximate surface area is 211 Å². The van der Waals surface area contributed by atoms with E-state index < -0.39 is 0 Å². The number of carbonyl (C=O) groups is 1. The van der Waals surface area contributed by atoms with Gasteiger partial charge in [-0.3, -0.25) is 18.9 Å². The van der Waals surface area contributed by atoms with Crippen molar-refractivity contribution in [1.29, 1.82) is 0 Å². The van der Waals surface area contributed by atoms with Crippen molar-refractivity contribution in [3.8, 4) is 11.6 Å². The molecule has 1 amide bonds. The molecule has 0 bridgehead atoms. The summed E-state index contributed by atoms with van der Waals surface area (Å²) in [6.07, 6.45) is 4.71. The average Bonchev–Trinajstić information content (AvgIpc) is 3.40. The molecule has 1 aromatic carbocycles. The second kappa shape index (κ2) is 9.16. The number of nitrogens with zero attached hydrogens (tertiary/aromatic N) is 3. The molecular weight excluding hydrogens is 482 g/mol. The summed E-state index contributed by atoms with van der Waals surface area (Å²) in [5.41, 5.74) is 3.19. The number of rotatable bonds is 5. The van der Waals surface area contributed by atoms with E-state index in [2.05, 4.69) is 4.98 Å². The lowest BCUT2D eigenvalue weighted by atomic mass is 10.1. The lowest BCUT2D eigenvalue weighted by Gasteiger charge is -2.13. The predicted molar refractivity (Wildman–Crippen MR) is 140 cm³/mol. The molecule has 1 saturated heterocycles. The van der Waals surface area contributed by atoms with Crippen LogP contribution >= 0.6 is 24.0 Å². The van der Waals surface area contributed by atoms with Gasteiger partial charge in [0.2, 0.25) is 5.88 Å². The van der Waals surface area contributed by atoms with E-state index in [0.717, 1.165) is 28.5 Å². The van der Waals surface area contributed by atoms with E-state index in [0.29, 0.717) is 26.4 Å². The number of carbonyl (C=O) groups excluding carboxylic acids is 1. The fraction of sp³-hybridized carbons (Fsp3) is 0.154. The third kappa shape index (κ3) is 4.52. The first kappa shape index (κ1) is 23.1. The van der Waals surface area contributed by atoms with Crippen molar-refractivity contribution in [3.05, 3.63) is 98.2 Å². The van der Waals surface area contributed by atoms with Gasteiger partial charge in [0, 0.05) is 6.20 Å². The largest absolute Gasteiger partial charge is 0.467 e. The molecule has 0 radical (unpaired) electrons. The minimum absolute atomic E-state index is 0.130. The normalized spacial score (nSPS) is 14.9. The Morgan fingerprint density at radius 2 is 1.89 bits per heavy atom. The topological polar surface area (TPSA) is 77.1 Å². The standard InChI is InChI=1S/C26H21N3O4S2/c1-15-10-16(2)12-19(11-15)33-23-20(24(30)28-8-4-6-17(3)22(28)27-23)13-21-25(31)29(26(34)35-21)14-18-7-5-9-32-18/h4-13H,14H2,1-3H3/b21-13+. The van der Waals surface area contributed by atoms with Gasteiger partial charge in [0.1, 0.15) is 27.0 Å². The Balaban J connectivity index is 1.62. The summed E-state index contributed by atoms with van der Waals surface area (Å²) < 4.78 is 13.4. The first-order valence-corrected chi connectivity index (χ1v) is 12.1. The van der Waals surface area contributed by atoms with Crippen LogP contribution in [0.5, 0.6) is 11.6 Å². The smallest absolute Gasteiger partial charge is 0.269 e. The van der Waals surface area contributed by atoms with Crippen molar-refractivity contribution in [3.63, 3.8) is 0 Å². The molecular formula is C26H21N3O4S2. The van der Waals surface area contributed by atoms with Gasteiger partial charge in [-0.2, -0.15) is 4.98 Å². The first-order chi connectivity index (χ1) is 16.8. The number of aromatic nitrogens is 2. The van der Waals surface area contributed by atoms with Crippen molar-refractivity contribution in [2.45, 2.75) is 27.3 Å². The van der Waals surface area contributed by atoms with Crippen molar-refractivity contribution < 1.29 is 13.9 Å². The number of furan rings is 1. The number of hydrogen-bond acceptors (Lipinski definition) is 7. The van der Waals surface area contributed by atoms with Gasteiger partial charge in [0.15, 0.2) is 0 Å². The molecule has 4 heterocycles. The Morgan fingerprint density at radius 3 is 2.60 bits per heavy atom. The third-order valence-corrected chi connectivity index (χ3v) is 6.88. The minimum atomic E-state index is -0.339. The SMILES string of the molecule is Cc1cc(C)cc(Oc2nc3c(C)cccn3c(=O)c2/C=C2/SC(=S)N(Cc3ccco3)C2=O)c1. The van der Waals surface area contributed by atoms with Crippen LogP contribution in [-0.4, -0.2) is 24.5 Å². The van der Waals surface area contributed by atoms with Crippen molar-refractivity contribution in [1.82, 2.24) is 14.3 Å². The lowest BCUT2D eigenvalue weighted by Crippen LogP contribution is -2.27. The summed E-state index contributed by atoms with van der Waals surface area (Å²) in [5, 5.41) is 0. The monoisotopic (exact) mass is 503 g/mol. The highest BCUT2D eigenvalue weighted by Gasteiger charge is 2.33. The quantitative estimate of drug-likeness (QED) is 0.266. The summed E-state index contributed by atoms with van der Waals surface area (Å²) in [4.78, 5) is 33.2. The van der Waals surface area contributed by atoms with Gasteiger partial charge in [-0.1, -0.05) is 36.1 Å². The Hall–Kier alpha value is -3.69. The summed E-state index contributed by atoms with van der Waals surface area (Å²) in [7, 11) is 0. The molecule has 5 rings (SSSR count). The molecule has 4 aromatic rings. The van der Waals surface area contributed by atoms with Crippen LogP contribution in [-0.2, 0) is 11.3 Å². The zero-order valence-corrected chi connectivity index (χ0v) is 20.9. The minimum Gasteiger partial charge on any atom is -0.467 e. The summed E-state index contributed by atoms with van der Waals surface area (Å²) in [6.45, 7) is 6.03. The number of amides is 1. The first-order valence-electron chi connectivity index (χ1n) is 10.9. The van der Waals surface area contributed by atoms with Gasteiger partial charge in [0.25, 0.3) is 11.5 Å². The number of hydrogen-bond donors (Lipinski definition) is 0. The molecule has 9 heteroatoms. The van der Waals surface area contributed by atoms with Crippen LogP contribution in [0.25, 0.3) is 11.7 Å². The number of aryl methyl sites for hydroxylation is 3. The van der Waals surface area contributed by atoms with E-state index in [4.69, 9.17) is 21.4 Å². The highest BCUT2D eigenvalue weighted by atomic mass is 32.2. The molecule has 0 unspecified atom stereocenters. The maximum absolute atomic E-state index is 13.6. The Kier molecular flexibility index (Phi) is 6.04. The highest BCUT2D eigenvalue weighted by molar-refractivity contribution is 8.26. The number of benzene rings is 1. The van der Waals surface area contributed by atoms with E-state index in [1.165, 1.54) is 15.4 Å². The zero-order chi connectivity index (χ0) is 24.7. The molecule has 35 heavy (non-hydrogen) atoms. The van der Waals surface area contributed by atoms with E-state index in [-0.39, 0.29) is 29.5 Å². The Bertz CT molecular complexity index is 1550. The molecule has 7 nitrogen and oxygen atoms in total. The fourth-order valence-electron chi connectivity index (χ4n) is 3.92. The van der Waals surface area contributed by atoms with Gasteiger partial charge >= 0.3 is 0 Å². The predicted octanol–water partition coefficient (Wildman–Crippen LogP) is 5.41. The zero-order valence-electron chi connectivity index (χ0n) is 19.3. The van der Waals surface area contributed by atoms with Gasteiger partial charge < -0.3 is 9.15 Å². The van der Waals surface area contributed by atoms with E-state index in [1.54, 1.807) is 30.7 Å². The van der Waals surface area contributed by atoms with E-state index in [1.807, 2.05) is 45.0 Å². The van der Waals surface area contributed by atoms with Gasteiger partial charge in [-0.05, 0) is 73.9 Å². The van der Waals surface area contributed by atoms with Crippen LogP contribution in [0.4, 0.5) is 0 Å². The molecule has 1 fully saturated rings. The second-order valence-electron chi connectivity index (χ2n) is 8.29. The average molecular weight is 504 g/mol. The maximum atomic E-state index is 13.6. The van der Waals surface area contributed by atoms with Crippen LogP contribution in [0, 0.1) is 20.8 Å². The number of thioether (sulfide) groups is 1. The summed E-state index contributed by atoms with van der Waals surface area (Å²) in [6, 6.07) is 13.0. The van der Waals surface area contributed by atoms with E-state index >= 15 is 0 Å². The number of thiocarbonyl (C=S) groups is 1. The van der Waals surface area contributed by atoms with Crippen LogP contribution in [0.15, 0.2) is 69.0 Å². The van der Waals surface area contributed by atoms with Gasteiger partial charge in [-0.15, -0.1) is 0 Å². The second-order valence-corrected chi connectivity index (χ2v) is 9.97. The molecule has 1 aliphatic rings. The molecule has 176 valence electrons. The number of ether oxygens (including phenoxy) is 1. The summed E-state index contributed by atoms with van der Waals surface area (Å²) >= 11 is 6.56. The molecule has 0 saturated carbocycles. The highest BCUT2D eigenvalue weighted by Crippen LogP contribution is 2.35. The van der Waals surface area contributed by atoms with Gasteiger partial charge in [0.05, 0.1) is 17.7 Å².